The van der Waals surface area contributed by atoms with Crippen LogP contribution in [0.4, 0.5) is 0 Å². The van der Waals surface area contributed by atoms with Crippen LogP contribution in [0.15, 0.2) is 0 Å². The zero-order chi connectivity index (χ0) is 9.40. The first kappa shape index (κ1) is 11.4. The second-order valence-electron chi connectivity index (χ2n) is 2.51. The molecule has 0 N–H and O–H groups in total. The summed E-state index contributed by atoms with van der Waals surface area (Å²) < 4.78 is 9.94. The second kappa shape index (κ2) is 7.06. The average Bonchev–Trinajstić information content (AvgIpc) is 2.03. The maximum absolute atomic E-state index is 9.88. The average molecular weight is 175 g/mol. The number of ether oxygens (including phenoxy) is 2. The first-order valence-electron chi connectivity index (χ1n) is 4.06. The number of carbonyl (C=O) groups is 1. The third kappa shape index (κ3) is 7.50. The predicted octanol–water partition coefficient (Wildman–Crippen LogP) is -0.432. The molecule has 1 unspecified atom stereocenters. The second-order valence-corrected chi connectivity index (χ2v) is 2.51. The number of carboxylic acids is 1. The highest BCUT2D eigenvalue weighted by Crippen LogP contribution is 1.94. The summed E-state index contributed by atoms with van der Waals surface area (Å²) in [6.07, 6.45) is 1.15. The van der Waals surface area contributed by atoms with Crippen LogP contribution in [-0.2, 0) is 14.3 Å². The molecule has 72 valence electrons. The molecule has 0 bridgehead atoms. The normalized spacial score (nSPS) is 12.8. The van der Waals surface area contributed by atoms with Crippen molar-refractivity contribution in [1.29, 1.82) is 0 Å². The maximum Gasteiger partial charge on any atom is 0.0862 e. The Morgan fingerprint density at radius 3 is 2.67 bits per heavy atom. The van der Waals surface area contributed by atoms with Crippen molar-refractivity contribution in [1.82, 2.24) is 0 Å². The minimum atomic E-state index is -1.20. The molecule has 0 aromatic heterocycles. The van der Waals surface area contributed by atoms with Gasteiger partial charge in [-0.3, -0.25) is 0 Å². The van der Waals surface area contributed by atoms with Crippen LogP contribution in [-0.4, -0.2) is 31.9 Å². The van der Waals surface area contributed by atoms with Crippen LogP contribution in [0.3, 0.4) is 0 Å². The van der Waals surface area contributed by atoms with E-state index < -0.39 is 5.97 Å². The molecule has 0 fully saturated rings. The molecular weight excluding hydrogens is 160 g/mol. The molecule has 0 radical (unpaired) electrons. The van der Waals surface area contributed by atoms with Crippen molar-refractivity contribution in [3.8, 4) is 0 Å². The van der Waals surface area contributed by atoms with Crippen LogP contribution in [0.2, 0.25) is 0 Å². The van der Waals surface area contributed by atoms with Crippen LogP contribution in [0.1, 0.15) is 20.3 Å². The fraction of sp³-hybridized carbons (Fsp3) is 0.875. The van der Waals surface area contributed by atoms with E-state index in [0.29, 0.717) is 13.2 Å². The van der Waals surface area contributed by atoms with E-state index in [0.717, 1.165) is 6.42 Å². The first-order chi connectivity index (χ1) is 5.66. The Kier molecular flexibility index (Phi) is 6.70. The van der Waals surface area contributed by atoms with Gasteiger partial charge in [-0.15, -0.1) is 0 Å². The third-order valence-electron chi connectivity index (χ3n) is 1.42. The molecule has 0 spiro atoms. The zero-order valence-electron chi connectivity index (χ0n) is 7.54. The summed E-state index contributed by atoms with van der Waals surface area (Å²) in [7, 11) is 0. The summed E-state index contributed by atoms with van der Waals surface area (Å²) >= 11 is 0. The summed E-state index contributed by atoms with van der Waals surface area (Å²) in [4.78, 5) is 9.88. The van der Waals surface area contributed by atoms with E-state index in [1.54, 1.807) is 0 Å². The lowest BCUT2D eigenvalue weighted by atomic mass is 10.3. The fourth-order valence-corrected chi connectivity index (χ4v) is 0.582. The van der Waals surface area contributed by atoms with Gasteiger partial charge in [0, 0.05) is 0 Å². The highest BCUT2D eigenvalue weighted by Gasteiger charge is 1.96. The lowest BCUT2D eigenvalue weighted by molar-refractivity contribution is -0.309. The van der Waals surface area contributed by atoms with Crippen molar-refractivity contribution in [2.75, 3.05) is 19.8 Å². The molecule has 4 heteroatoms. The van der Waals surface area contributed by atoms with Gasteiger partial charge in [-0.1, -0.05) is 6.92 Å². The summed E-state index contributed by atoms with van der Waals surface area (Å²) in [5.41, 5.74) is 0. The van der Waals surface area contributed by atoms with E-state index in [4.69, 9.17) is 9.47 Å². The molecular formula is C8H15O4-. The lowest BCUT2D eigenvalue weighted by Crippen LogP contribution is -2.28. The fourth-order valence-electron chi connectivity index (χ4n) is 0.582. The van der Waals surface area contributed by atoms with Crippen molar-refractivity contribution in [3.63, 3.8) is 0 Å². The predicted molar refractivity (Wildman–Crippen MR) is 41.5 cm³/mol. The SMILES string of the molecule is CCC(C)OCCOCC(=O)[O-]. The van der Waals surface area contributed by atoms with E-state index in [9.17, 15) is 9.90 Å². The Hall–Kier alpha value is -0.610. The molecule has 0 saturated heterocycles. The molecule has 0 aromatic rings. The van der Waals surface area contributed by atoms with E-state index in [2.05, 4.69) is 0 Å². The van der Waals surface area contributed by atoms with Crippen LogP contribution >= 0.6 is 0 Å². The molecule has 0 rings (SSSR count). The van der Waals surface area contributed by atoms with Gasteiger partial charge in [0.15, 0.2) is 0 Å². The summed E-state index contributed by atoms with van der Waals surface area (Å²) in [6, 6.07) is 0. The van der Waals surface area contributed by atoms with Gasteiger partial charge in [0.25, 0.3) is 0 Å². The summed E-state index contributed by atoms with van der Waals surface area (Å²) in [6.45, 7) is 4.36. The molecule has 0 aliphatic carbocycles. The van der Waals surface area contributed by atoms with Gasteiger partial charge in [0.05, 0.1) is 31.9 Å². The molecule has 12 heavy (non-hydrogen) atoms. The number of carbonyl (C=O) groups excluding carboxylic acids is 1. The molecule has 0 aliphatic rings. The number of aliphatic carboxylic acids is 1. The van der Waals surface area contributed by atoms with Crippen molar-refractivity contribution in [2.45, 2.75) is 26.4 Å². The Morgan fingerprint density at radius 2 is 2.17 bits per heavy atom. The molecule has 0 heterocycles. The number of rotatable bonds is 7. The zero-order valence-corrected chi connectivity index (χ0v) is 7.54. The smallest absolute Gasteiger partial charge is 0.0862 e. The molecule has 1 atom stereocenters. The van der Waals surface area contributed by atoms with Crippen LogP contribution < -0.4 is 5.11 Å². The van der Waals surface area contributed by atoms with Gasteiger partial charge in [0.2, 0.25) is 0 Å². The molecule has 4 nitrogen and oxygen atoms in total. The van der Waals surface area contributed by atoms with Gasteiger partial charge in [-0.25, -0.2) is 0 Å². The Morgan fingerprint density at radius 1 is 1.50 bits per heavy atom. The van der Waals surface area contributed by atoms with Gasteiger partial charge >= 0.3 is 0 Å². The molecule has 0 aromatic carbocycles. The van der Waals surface area contributed by atoms with Gasteiger partial charge < -0.3 is 19.4 Å². The summed E-state index contributed by atoms with van der Waals surface area (Å²) in [5.74, 6) is -1.20. The van der Waals surface area contributed by atoms with E-state index in [1.165, 1.54) is 0 Å². The Balaban J connectivity index is 3.05. The van der Waals surface area contributed by atoms with E-state index >= 15 is 0 Å². The van der Waals surface area contributed by atoms with Crippen molar-refractivity contribution >= 4 is 5.97 Å². The van der Waals surface area contributed by atoms with Gasteiger partial charge in [-0.2, -0.15) is 0 Å². The monoisotopic (exact) mass is 175 g/mol. The highest BCUT2D eigenvalue weighted by atomic mass is 16.5. The largest absolute Gasteiger partial charge is 0.548 e. The highest BCUT2D eigenvalue weighted by molar-refractivity contribution is 5.65. The topological polar surface area (TPSA) is 58.6 Å². The van der Waals surface area contributed by atoms with Gasteiger partial charge in [0.1, 0.15) is 0 Å². The van der Waals surface area contributed by atoms with Crippen LogP contribution in [0.25, 0.3) is 0 Å². The Labute approximate surface area is 72.5 Å². The van der Waals surface area contributed by atoms with Crippen molar-refractivity contribution < 1.29 is 19.4 Å². The van der Waals surface area contributed by atoms with E-state index in [1.807, 2.05) is 13.8 Å². The van der Waals surface area contributed by atoms with Crippen molar-refractivity contribution in [2.24, 2.45) is 0 Å². The third-order valence-corrected chi connectivity index (χ3v) is 1.42. The molecule has 0 saturated carbocycles. The molecule has 0 aliphatic heterocycles. The Bertz CT molecular complexity index is 124. The van der Waals surface area contributed by atoms with E-state index in [-0.39, 0.29) is 12.7 Å². The summed E-state index contributed by atoms with van der Waals surface area (Å²) in [5, 5.41) is 9.88. The number of hydrogen-bond donors (Lipinski definition) is 0. The first-order valence-corrected chi connectivity index (χ1v) is 4.06. The van der Waals surface area contributed by atoms with Gasteiger partial charge in [-0.05, 0) is 13.3 Å². The lowest BCUT2D eigenvalue weighted by Gasteiger charge is -2.10. The minimum Gasteiger partial charge on any atom is -0.548 e. The minimum absolute atomic E-state index is 0.205. The molecule has 0 amide bonds. The standard InChI is InChI=1S/C8H16O4/c1-3-7(2)12-5-4-11-6-8(9)10/h7H,3-6H2,1-2H3,(H,9,10)/p-1. The number of carboxylic acid groups (broad SMARTS) is 1. The van der Waals surface area contributed by atoms with Crippen LogP contribution in [0.5, 0.6) is 0 Å². The maximum atomic E-state index is 9.88. The quantitative estimate of drug-likeness (QED) is 0.492. The van der Waals surface area contributed by atoms with Crippen LogP contribution in [0, 0.1) is 0 Å². The number of hydrogen-bond acceptors (Lipinski definition) is 4. The van der Waals surface area contributed by atoms with Crippen molar-refractivity contribution in [3.05, 3.63) is 0 Å².